The van der Waals surface area contributed by atoms with Crippen molar-refractivity contribution in [2.75, 3.05) is 6.54 Å². The standard InChI is InChI=1S/C13H13BrFNO/c1-2-16-8-9-7-10(15)3-4-11(9)13-12(14)5-6-17-13/h3-7,16H,2,8H2,1H3. The predicted octanol–water partition coefficient (Wildman–Crippen LogP) is 3.96. The van der Waals surface area contributed by atoms with Gasteiger partial charge in [0.25, 0.3) is 0 Å². The molecule has 1 aromatic heterocycles. The molecule has 0 aliphatic carbocycles. The van der Waals surface area contributed by atoms with Crippen LogP contribution in [0.2, 0.25) is 0 Å². The second-order valence-corrected chi connectivity index (χ2v) is 4.53. The molecule has 17 heavy (non-hydrogen) atoms. The summed E-state index contributed by atoms with van der Waals surface area (Å²) in [7, 11) is 0. The number of benzene rings is 1. The average Bonchev–Trinajstić information content (AvgIpc) is 2.73. The monoisotopic (exact) mass is 297 g/mol. The van der Waals surface area contributed by atoms with Crippen LogP contribution in [0.3, 0.4) is 0 Å². The van der Waals surface area contributed by atoms with Gasteiger partial charge in [0.05, 0.1) is 10.7 Å². The van der Waals surface area contributed by atoms with Gasteiger partial charge in [-0.25, -0.2) is 4.39 Å². The lowest BCUT2D eigenvalue weighted by atomic mass is 10.1. The number of halogens is 2. The molecule has 0 saturated carbocycles. The van der Waals surface area contributed by atoms with Gasteiger partial charge >= 0.3 is 0 Å². The van der Waals surface area contributed by atoms with E-state index in [1.54, 1.807) is 12.3 Å². The van der Waals surface area contributed by atoms with Crippen LogP contribution in [0.4, 0.5) is 4.39 Å². The summed E-state index contributed by atoms with van der Waals surface area (Å²) in [6, 6.07) is 6.55. The number of rotatable bonds is 4. The predicted molar refractivity (Wildman–Crippen MR) is 69.2 cm³/mol. The van der Waals surface area contributed by atoms with E-state index in [9.17, 15) is 4.39 Å². The lowest BCUT2D eigenvalue weighted by Gasteiger charge is -2.08. The molecule has 1 heterocycles. The molecular weight excluding hydrogens is 285 g/mol. The van der Waals surface area contributed by atoms with Gasteiger partial charge in [-0.3, -0.25) is 0 Å². The SMILES string of the molecule is CCNCc1cc(F)ccc1-c1occc1Br. The fourth-order valence-electron chi connectivity index (χ4n) is 1.68. The van der Waals surface area contributed by atoms with Gasteiger partial charge in [-0.2, -0.15) is 0 Å². The highest BCUT2D eigenvalue weighted by Crippen LogP contribution is 2.32. The molecule has 0 atom stereocenters. The van der Waals surface area contributed by atoms with Crippen molar-refractivity contribution in [3.05, 3.63) is 46.4 Å². The molecule has 90 valence electrons. The van der Waals surface area contributed by atoms with Crippen LogP contribution >= 0.6 is 15.9 Å². The summed E-state index contributed by atoms with van der Waals surface area (Å²) in [5.74, 6) is 0.502. The molecule has 0 spiro atoms. The maximum atomic E-state index is 13.2. The molecule has 0 bridgehead atoms. The Hall–Kier alpha value is -1.13. The summed E-state index contributed by atoms with van der Waals surface area (Å²) in [5.41, 5.74) is 1.80. The van der Waals surface area contributed by atoms with E-state index in [-0.39, 0.29) is 5.82 Å². The maximum absolute atomic E-state index is 13.2. The highest BCUT2D eigenvalue weighted by molar-refractivity contribution is 9.10. The smallest absolute Gasteiger partial charge is 0.148 e. The Morgan fingerprint density at radius 3 is 2.82 bits per heavy atom. The van der Waals surface area contributed by atoms with Crippen LogP contribution in [-0.4, -0.2) is 6.54 Å². The Morgan fingerprint density at radius 2 is 2.18 bits per heavy atom. The topological polar surface area (TPSA) is 25.2 Å². The molecule has 0 saturated heterocycles. The second kappa shape index (κ2) is 5.47. The zero-order valence-corrected chi connectivity index (χ0v) is 11.1. The van der Waals surface area contributed by atoms with Crippen LogP contribution in [0.1, 0.15) is 12.5 Å². The minimum atomic E-state index is -0.232. The van der Waals surface area contributed by atoms with Crippen molar-refractivity contribution in [3.8, 4) is 11.3 Å². The molecule has 1 N–H and O–H groups in total. The third-order valence-corrected chi connectivity index (χ3v) is 3.12. The van der Waals surface area contributed by atoms with Crippen LogP contribution in [0.5, 0.6) is 0 Å². The summed E-state index contributed by atoms with van der Waals surface area (Å²) in [6.07, 6.45) is 1.61. The van der Waals surface area contributed by atoms with Gasteiger partial charge < -0.3 is 9.73 Å². The zero-order valence-electron chi connectivity index (χ0n) is 9.47. The van der Waals surface area contributed by atoms with Crippen molar-refractivity contribution in [1.82, 2.24) is 5.32 Å². The molecule has 4 heteroatoms. The normalized spacial score (nSPS) is 10.8. The van der Waals surface area contributed by atoms with E-state index in [1.807, 2.05) is 13.0 Å². The number of hydrogen-bond acceptors (Lipinski definition) is 2. The zero-order chi connectivity index (χ0) is 12.3. The lowest BCUT2D eigenvalue weighted by molar-refractivity contribution is 0.578. The first-order valence-electron chi connectivity index (χ1n) is 5.45. The van der Waals surface area contributed by atoms with Gasteiger partial charge in [0.1, 0.15) is 11.6 Å². The van der Waals surface area contributed by atoms with Crippen LogP contribution in [-0.2, 0) is 6.54 Å². The molecule has 2 aromatic rings. The largest absolute Gasteiger partial charge is 0.463 e. The van der Waals surface area contributed by atoms with Crippen LogP contribution < -0.4 is 5.32 Å². The van der Waals surface area contributed by atoms with Gasteiger partial charge in [-0.15, -0.1) is 0 Å². The van der Waals surface area contributed by atoms with E-state index in [1.165, 1.54) is 12.1 Å². The average molecular weight is 298 g/mol. The number of nitrogens with one attached hydrogen (secondary N) is 1. The molecule has 0 fully saturated rings. The van der Waals surface area contributed by atoms with Gasteiger partial charge in [0.15, 0.2) is 0 Å². The van der Waals surface area contributed by atoms with Gasteiger partial charge in [-0.05, 0) is 52.3 Å². The highest BCUT2D eigenvalue weighted by Gasteiger charge is 2.12. The van der Waals surface area contributed by atoms with Gasteiger partial charge in [0, 0.05) is 12.1 Å². The Labute approximate surface area is 108 Å². The molecule has 0 unspecified atom stereocenters. The van der Waals surface area contributed by atoms with Gasteiger partial charge in [0.2, 0.25) is 0 Å². The third-order valence-electron chi connectivity index (χ3n) is 2.49. The summed E-state index contributed by atoms with van der Waals surface area (Å²) >= 11 is 3.42. The van der Waals surface area contributed by atoms with Crippen molar-refractivity contribution in [2.24, 2.45) is 0 Å². The van der Waals surface area contributed by atoms with Gasteiger partial charge in [-0.1, -0.05) is 6.92 Å². The van der Waals surface area contributed by atoms with E-state index in [0.717, 1.165) is 27.9 Å². The molecule has 0 aliphatic rings. The fraction of sp³-hybridized carbons (Fsp3) is 0.231. The number of hydrogen-bond donors (Lipinski definition) is 1. The van der Waals surface area contributed by atoms with E-state index < -0.39 is 0 Å². The van der Waals surface area contributed by atoms with E-state index in [4.69, 9.17) is 4.42 Å². The fourth-order valence-corrected chi connectivity index (χ4v) is 2.09. The molecule has 1 aromatic carbocycles. The molecule has 0 radical (unpaired) electrons. The lowest BCUT2D eigenvalue weighted by Crippen LogP contribution is -2.12. The minimum absolute atomic E-state index is 0.232. The molecule has 0 amide bonds. The second-order valence-electron chi connectivity index (χ2n) is 3.68. The number of furan rings is 1. The first-order chi connectivity index (χ1) is 8.22. The van der Waals surface area contributed by atoms with Crippen LogP contribution in [0.15, 0.2) is 39.4 Å². The third kappa shape index (κ3) is 2.76. The van der Waals surface area contributed by atoms with Crippen molar-refractivity contribution in [1.29, 1.82) is 0 Å². The van der Waals surface area contributed by atoms with Crippen molar-refractivity contribution in [3.63, 3.8) is 0 Å². The highest BCUT2D eigenvalue weighted by atomic mass is 79.9. The molecule has 2 nitrogen and oxygen atoms in total. The summed E-state index contributed by atoms with van der Waals surface area (Å²) in [4.78, 5) is 0. The minimum Gasteiger partial charge on any atom is -0.463 e. The summed E-state index contributed by atoms with van der Waals surface area (Å²) in [6.45, 7) is 3.48. The Bertz CT molecular complexity index is 510. The quantitative estimate of drug-likeness (QED) is 0.924. The first-order valence-corrected chi connectivity index (χ1v) is 6.24. The Morgan fingerprint density at radius 1 is 1.35 bits per heavy atom. The van der Waals surface area contributed by atoms with Crippen molar-refractivity contribution >= 4 is 15.9 Å². The first kappa shape index (κ1) is 12.3. The van der Waals surface area contributed by atoms with Crippen LogP contribution in [0.25, 0.3) is 11.3 Å². The maximum Gasteiger partial charge on any atom is 0.148 e. The van der Waals surface area contributed by atoms with Crippen molar-refractivity contribution in [2.45, 2.75) is 13.5 Å². The molecular formula is C13H13BrFNO. The molecule has 2 rings (SSSR count). The summed E-state index contributed by atoms with van der Waals surface area (Å²) in [5, 5.41) is 3.19. The van der Waals surface area contributed by atoms with E-state index in [2.05, 4.69) is 21.2 Å². The Kier molecular flexibility index (Phi) is 3.97. The van der Waals surface area contributed by atoms with E-state index in [0.29, 0.717) is 6.54 Å². The van der Waals surface area contributed by atoms with Crippen molar-refractivity contribution < 1.29 is 8.81 Å². The van der Waals surface area contributed by atoms with Crippen LogP contribution in [0, 0.1) is 5.82 Å². The summed E-state index contributed by atoms with van der Waals surface area (Å²) < 4.78 is 19.5. The Balaban J connectivity index is 2.42. The molecule has 0 aliphatic heterocycles. The van der Waals surface area contributed by atoms with E-state index >= 15 is 0 Å².